The van der Waals surface area contributed by atoms with Crippen LogP contribution in [0.5, 0.6) is 0 Å². The number of nitrogens with zero attached hydrogens (tertiary/aromatic N) is 1. The Labute approximate surface area is 128 Å². The SMILES string of the molecule is CCc1ccc(C2NCC(=O)N2C(C)CC(C)CC)cc1. The standard InChI is InChI=1S/C18H28N2O/c1-5-13(3)11-14(4)20-17(21)12-19-18(20)16-9-7-15(6-2)8-10-16/h7-10,13-14,18-19H,5-6,11-12H2,1-4H3. The Morgan fingerprint density at radius 3 is 2.48 bits per heavy atom. The van der Waals surface area contributed by atoms with E-state index in [9.17, 15) is 4.79 Å². The second-order valence-corrected chi connectivity index (χ2v) is 6.28. The fourth-order valence-corrected chi connectivity index (χ4v) is 3.09. The first-order chi connectivity index (χ1) is 10.1. The van der Waals surface area contributed by atoms with E-state index < -0.39 is 0 Å². The van der Waals surface area contributed by atoms with Crippen molar-refractivity contribution in [2.24, 2.45) is 5.92 Å². The third-order valence-electron chi connectivity index (χ3n) is 4.63. The Hall–Kier alpha value is -1.35. The van der Waals surface area contributed by atoms with E-state index in [-0.39, 0.29) is 18.1 Å². The van der Waals surface area contributed by atoms with E-state index in [1.807, 2.05) is 4.90 Å². The van der Waals surface area contributed by atoms with E-state index in [1.165, 1.54) is 11.1 Å². The van der Waals surface area contributed by atoms with E-state index in [0.29, 0.717) is 12.5 Å². The molecule has 1 fully saturated rings. The maximum atomic E-state index is 12.3. The lowest BCUT2D eigenvalue weighted by atomic mass is 9.98. The third-order valence-corrected chi connectivity index (χ3v) is 4.63. The van der Waals surface area contributed by atoms with Crippen molar-refractivity contribution in [3.05, 3.63) is 35.4 Å². The number of amides is 1. The molecular formula is C18H28N2O. The zero-order chi connectivity index (χ0) is 15.4. The molecule has 3 heteroatoms. The number of rotatable bonds is 6. The van der Waals surface area contributed by atoms with Crippen LogP contribution in [0.2, 0.25) is 0 Å². The van der Waals surface area contributed by atoms with Crippen molar-refractivity contribution >= 4 is 5.91 Å². The average molecular weight is 288 g/mol. The molecule has 1 heterocycles. The van der Waals surface area contributed by atoms with Crippen molar-refractivity contribution < 1.29 is 4.79 Å². The highest BCUT2D eigenvalue weighted by molar-refractivity contribution is 5.81. The topological polar surface area (TPSA) is 32.3 Å². The van der Waals surface area contributed by atoms with Gasteiger partial charge in [0.25, 0.3) is 0 Å². The molecule has 0 spiro atoms. The van der Waals surface area contributed by atoms with Crippen molar-refractivity contribution in [3.63, 3.8) is 0 Å². The molecule has 1 saturated heterocycles. The lowest BCUT2D eigenvalue weighted by Crippen LogP contribution is -2.38. The fraction of sp³-hybridized carbons (Fsp3) is 0.611. The Kier molecular flexibility index (Phi) is 5.40. The molecule has 116 valence electrons. The van der Waals surface area contributed by atoms with Gasteiger partial charge in [-0.2, -0.15) is 0 Å². The molecule has 0 bridgehead atoms. The largest absolute Gasteiger partial charge is 0.319 e. The predicted molar refractivity (Wildman–Crippen MR) is 86.9 cm³/mol. The summed E-state index contributed by atoms with van der Waals surface area (Å²) in [6, 6.07) is 8.91. The summed E-state index contributed by atoms with van der Waals surface area (Å²) in [7, 11) is 0. The minimum Gasteiger partial charge on any atom is -0.319 e. The minimum absolute atomic E-state index is 0.0301. The number of carbonyl (C=O) groups is 1. The Bertz CT molecular complexity index is 469. The molecule has 1 aromatic rings. The molecule has 1 amide bonds. The van der Waals surface area contributed by atoms with Gasteiger partial charge < -0.3 is 4.90 Å². The van der Waals surface area contributed by atoms with Gasteiger partial charge in [0, 0.05) is 6.04 Å². The number of hydrogen-bond acceptors (Lipinski definition) is 2. The lowest BCUT2D eigenvalue weighted by molar-refractivity contribution is -0.130. The highest BCUT2D eigenvalue weighted by Crippen LogP contribution is 2.28. The second kappa shape index (κ2) is 7.08. The van der Waals surface area contributed by atoms with Gasteiger partial charge >= 0.3 is 0 Å². The number of aryl methyl sites for hydroxylation is 1. The summed E-state index contributed by atoms with van der Waals surface area (Å²) in [5.74, 6) is 0.867. The minimum atomic E-state index is 0.0301. The van der Waals surface area contributed by atoms with E-state index in [4.69, 9.17) is 0 Å². The van der Waals surface area contributed by atoms with Gasteiger partial charge in [-0.25, -0.2) is 0 Å². The summed E-state index contributed by atoms with van der Waals surface area (Å²) in [5.41, 5.74) is 2.52. The summed E-state index contributed by atoms with van der Waals surface area (Å²) in [4.78, 5) is 14.3. The molecule has 0 aliphatic carbocycles. The highest BCUT2D eigenvalue weighted by Gasteiger charge is 2.35. The maximum Gasteiger partial charge on any atom is 0.238 e. The van der Waals surface area contributed by atoms with Gasteiger partial charge in [0.2, 0.25) is 5.91 Å². The van der Waals surface area contributed by atoms with Crippen LogP contribution in [-0.2, 0) is 11.2 Å². The van der Waals surface area contributed by atoms with Crippen LogP contribution in [0.1, 0.15) is 57.8 Å². The number of hydrogen-bond donors (Lipinski definition) is 1. The van der Waals surface area contributed by atoms with Crippen LogP contribution in [0.15, 0.2) is 24.3 Å². The first-order valence-electron chi connectivity index (χ1n) is 8.20. The molecule has 0 saturated carbocycles. The van der Waals surface area contributed by atoms with Crippen molar-refractivity contribution in [1.82, 2.24) is 10.2 Å². The molecule has 3 nitrogen and oxygen atoms in total. The second-order valence-electron chi connectivity index (χ2n) is 6.28. The molecule has 2 rings (SSSR count). The van der Waals surface area contributed by atoms with Gasteiger partial charge in [-0.3, -0.25) is 10.1 Å². The van der Waals surface area contributed by atoms with E-state index >= 15 is 0 Å². The van der Waals surface area contributed by atoms with Crippen LogP contribution in [0.3, 0.4) is 0 Å². The van der Waals surface area contributed by atoms with Crippen molar-refractivity contribution in [2.75, 3.05) is 6.54 Å². The maximum absolute atomic E-state index is 12.3. The molecule has 1 aliphatic heterocycles. The van der Waals surface area contributed by atoms with Crippen LogP contribution >= 0.6 is 0 Å². The molecule has 1 aromatic carbocycles. The molecule has 1 aliphatic rings. The van der Waals surface area contributed by atoms with E-state index in [1.54, 1.807) is 0 Å². The molecule has 0 aromatic heterocycles. The van der Waals surface area contributed by atoms with Gasteiger partial charge in [0.1, 0.15) is 6.17 Å². The molecule has 21 heavy (non-hydrogen) atoms. The zero-order valence-electron chi connectivity index (χ0n) is 13.7. The van der Waals surface area contributed by atoms with Crippen LogP contribution < -0.4 is 5.32 Å². The van der Waals surface area contributed by atoms with E-state index in [0.717, 1.165) is 19.3 Å². The van der Waals surface area contributed by atoms with Crippen LogP contribution in [-0.4, -0.2) is 23.4 Å². The molecule has 0 radical (unpaired) electrons. The van der Waals surface area contributed by atoms with Crippen LogP contribution in [0.25, 0.3) is 0 Å². The van der Waals surface area contributed by atoms with Crippen molar-refractivity contribution in [3.8, 4) is 0 Å². The summed E-state index contributed by atoms with van der Waals surface area (Å²) in [5, 5.41) is 3.36. The third kappa shape index (κ3) is 3.65. The summed E-state index contributed by atoms with van der Waals surface area (Å²) in [6.45, 7) is 9.25. The van der Waals surface area contributed by atoms with Crippen LogP contribution in [0, 0.1) is 5.92 Å². The Morgan fingerprint density at radius 2 is 1.90 bits per heavy atom. The van der Waals surface area contributed by atoms with E-state index in [2.05, 4.69) is 57.3 Å². The monoisotopic (exact) mass is 288 g/mol. The van der Waals surface area contributed by atoms with Crippen molar-refractivity contribution in [2.45, 2.75) is 59.2 Å². The average Bonchev–Trinajstić information content (AvgIpc) is 2.89. The highest BCUT2D eigenvalue weighted by atomic mass is 16.2. The molecule has 1 N–H and O–H groups in total. The smallest absolute Gasteiger partial charge is 0.238 e. The van der Waals surface area contributed by atoms with Crippen LogP contribution in [0.4, 0.5) is 0 Å². The first kappa shape index (κ1) is 16.0. The number of carbonyl (C=O) groups excluding carboxylic acids is 1. The Balaban J connectivity index is 2.15. The quantitative estimate of drug-likeness (QED) is 0.869. The van der Waals surface area contributed by atoms with Gasteiger partial charge in [0.15, 0.2) is 0 Å². The fourth-order valence-electron chi connectivity index (χ4n) is 3.09. The molecule has 3 unspecified atom stereocenters. The molecular weight excluding hydrogens is 260 g/mol. The number of nitrogens with one attached hydrogen (secondary N) is 1. The molecule has 3 atom stereocenters. The van der Waals surface area contributed by atoms with Gasteiger partial charge in [-0.05, 0) is 36.8 Å². The summed E-state index contributed by atoms with van der Waals surface area (Å²) < 4.78 is 0. The zero-order valence-corrected chi connectivity index (χ0v) is 13.7. The van der Waals surface area contributed by atoms with Gasteiger partial charge in [0.05, 0.1) is 6.54 Å². The van der Waals surface area contributed by atoms with Gasteiger partial charge in [-0.1, -0.05) is 51.5 Å². The normalized spacial score (nSPS) is 21.6. The van der Waals surface area contributed by atoms with Gasteiger partial charge in [-0.15, -0.1) is 0 Å². The first-order valence-corrected chi connectivity index (χ1v) is 8.20. The summed E-state index contributed by atoms with van der Waals surface area (Å²) in [6.07, 6.45) is 3.30. The summed E-state index contributed by atoms with van der Waals surface area (Å²) >= 11 is 0. The lowest BCUT2D eigenvalue weighted by Gasteiger charge is -2.32. The number of benzene rings is 1. The predicted octanol–water partition coefficient (Wildman–Crippen LogP) is 3.50. The van der Waals surface area contributed by atoms with Crippen molar-refractivity contribution in [1.29, 1.82) is 0 Å². The Morgan fingerprint density at radius 1 is 1.24 bits per heavy atom.